The fourth-order valence-corrected chi connectivity index (χ4v) is 1.43. The number of carbonyl (C=O) groups is 1. The fraction of sp³-hybridized carbons (Fsp3) is 0.100. The number of aromatic nitrogens is 1. The third-order valence-electron chi connectivity index (χ3n) is 2.03. The van der Waals surface area contributed by atoms with Crippen molar-refractivity contribution in [2.45, 2.75) is 6.54 Å². The van der Waals surface area contributed by atoms with Crippen LogP contribution in [-0.4, -0.2) is 16.0 Å². The van der Waals surface area contributed by atoms with Crippen molar-refractivity contribution in [3.63, 3.8) is 0 Å². The van der Waals surface area contributed by atoms with Gasteiger partial charge in [0, 0.05) is 17.1 Å². The molecule has 3 heteroatoms. The Hall–Kier alpha value is -1.77. The number of hydrogen-bond acceptors (Lipinski definition) is 2. The van der Waals surface area contributed by atoms with Gasteiger partial charge >= 0.3 is 0 Å². The highest BCUT2D eigenvalue weighted by Gasteiger charge is 2.00. The minimum absolute atomic E-state index is 0.247. The van der Waals surface area contributed by atoms with Crippen molar-refractivity contribution in [2.75, 3.05) is 0 Å². The van der Waals surface area contributed by atoms with Crippen LogP contribution in [0, 0.1) is 0 Å². The highest BCUT2D eigenvalue weighted by molar-refractivity contribution is 5.82. The van der Waals surface area contributed by atoms with Gasteiger partial charge in [0.1, 0.15) is 12.0 Å². The number of aromatic hydroxyl groups is 1. The number of nitrogens with zero attached hydrogens (tertiary/aromatic N) is 1. The second-order valence-electron chi connectivity index (χ2n) is 2.88. The van der Waals surface area contributed by atoms with Gasteiger partial charge in [-0.15, -0.1) is 0 Å². The molecule has 0 unspecified atom stereocenters. The Morgan fingerprint density at radius 2 is 2.23 bits per heavy atom. The van der Waals surface area contributed by atoms with E-state index in [9.17, 15) is 9.90 Å². The molecule has 0 bridgehead atoms. The number of benzene rings is 1. The lowest BCUT2D eigenvalue weighted by Gasteiger charge is -1.98. The average molecular weight is 175 g/mol. The van der Waals surface area contributed by atoms with E-state index in [2.05, 4.69) is 0 Å². The van der Waals surface area contributed by atoms with Gasteiger partial charge < -0.3 is 14.5 Å². The SMILES string of the molecule is O=CCn1ccc2cc(O)ccc21. The highest BCUT2D eigenvalue weighted by atomic mass is 16.3. The maximum Gasteiger partial charge on any atom is 0.139 e. The van der Waals surface area contributed by atoms with Gasteiger partial charge in [0.25, 0.3) is 0 Å². The van der Waals surface area contributed by atoms with Crippen LogP contribution < -0.4 is 0 Å². The van der Waals surface area contributed by atoms with Crippen molar-refractivity contribution in [1.82, 2.24) is 4.57 Å². The first-order valence-electron chi connectivity index (χ1n) is 4.03. The van der Waals surface area contributed by atoms with E-state index >= 15 is 0 Å². The molecule has 0 saturated heterocycles. The predicted molar refractivity (Wildman–Crippen MR) is 49.7 cm³/mol. The molecule has 0 aliphatic carbocycles. The summed E-state index contributed by atoms with van der Waals surface area (Å²) in [5.74, 6) is 0.247. The highest BCUT2D eigenvalue weighted by Crippen LogP contribution is 2.20. The number of fused-ring (bicyclic) bond motifs is 1. The van der Waals surface area contributed by atoms with Crippen LogP contribution in [0.5, 0.6) is 5.75 Å². The summed E-state index contributed by atoms with van der Waals surface area (Å²) in [5, 5.41) is 10.1. The van der Waals surface area contributed by atoms with Crippen LogP contribution in [0.1, 0.15) is 0 Å². The Morgan fingerprint density at radius 3 is 3.00 bits per heavy atom. The molecule has 0 fully saturated rings. The molecular weight excluding hydrogens is 166 g/mol. The van der Waals surface area contributed by atoms with Crippen LogP contribution in [0.3, 0.4) is 0 Å². The van der Waals surface area contributed by atoms with Crippen molar-refractivity contribution < 1.29 is 9.90 Å². The summed E-state index contributed by atoms with van der Waals surface area (Å²) >= 11 is 0. The first-order chi connectivity index (χ1) is 6.31. The second kappa shape index (κ2) is 2.94. The third kappa shape index (κ3) is 1.28. The molecule has 13 heavy (non-hydrogen) atoms. The van der Waals surface area contributed by atoms with Gasteiger partial charge in [-0.3, -0.25) is 0 Å². The standard InChI is InChI=1S/C10H9NO2/c12-6-5-11-4-3-8-7-9(13)1-2-10(8)11/h1-4,6-7,13H,5H2. The molecule has 0 radical (unpaired) electrons. The lowest BCUT2D eigenvalue weighted by molar-refractivity contribution is -0.108. The number of phenols is 1. The van der Waals surface area contributed by atoms with E-state index in [1.54, 1.807) is 18.2 Å². The van der Waals surface area contributed by atoms with E-state index in [0.29, 0.717) is 6.54 Å². The predicted octanol–water partition coefficient (Wildman–Crippen LogP) is 1.55. The number of aldehydes is 1. The Bertz CT molecular complexity index is 445. The lowest BCUT2D eigenvalue weighted by atomic mass is 10.2. The molecule has 66 valence electrons. The maximum atomic E-state index is 10.3. The quantitative estimate of drug-likeness (QED) is 0.703. The molecule has 0 aliphatic heterocycles. The van der Waals surface area contributed by atoms with E-state index in [1.165, 1.54) is 0 Å². The van der Waals surface area contributed by atoms with Crippen LogP contribution in [0.25, 0.3) is 10.9 Å². The third-order valence-corrected chi connectivity index (χ3v) is 2.03. The number of hydrogen-bond donors (Lipinski definition) is 1. The molecule has 0 saturated carbocycles. The van der Waals surface area contributed by atoms with Gasteiger partial charge in [0.15, 0.2) is 0 Å². The lowest BCUT2D eigenvalue weighted by Crippen LogP contribution is -1.95. The molecule has 1 aromatic heterocycles. The van der Waals surface area contributed by atoms with Crippen molar-refractivity contribution >= 4 is 17.2 Å². The minimum atomic E-state index is 0.247. The smallest absolute Gasteiger partial charge is 0.139 e. The van der Waals surface area contributed by atoms with Gasteiger partial charge in [-0.2, -0.15) is 0 Å². The van der Waals surface area contributed by atoms with Crippen molar-refractivity contribution in [3.8, 4) is 5.75 Å². The Morgan fingerprint density at radius 1 is 1.38 bits per heavy atom. The second-order valence-corrected chi connectivity index (χ2v) is 2.88. The molecule has 2 aromatic rings. The Labute approximate surface area is 75.2 Å². The number of phenolic OH excluding ortho intramolecular Hbond substituents is 1. The largest absolute Gasteiger partial charge is 0.508 e. The molecule has 0 atom stereocenters. The topological polar surface area (TPSA) is 42.2 Å². The maximum absolute atomic E-state index is 10.3. The number of carbonyl (C=O) groups excluding carboxylic acids is 1. The van der Waals surface area contributed by atoms with Gasteiger partial charge in [-0.05, 0) is 24.3 Å². The van der Waals surface area contributed by atoms with Gasteiger partial charge in [0.05, 0.1) is 6.54 Å². The molecule has 1 aromatic carbocycles. The molecule has 2 rings (SSSR count). The Kier molecular flexibility index (Phi) is 1.77. The molecule has 1 heterocycles. The molecular formula is C10H9NO2. The van der Waals surface area contributed by atoms with E-state index in [-0.39, 0.29) is 5.75 Å². The zero-order chi connectivity index (χ0) is 9.26. The van der Waals surface area contributed by atoms with E-state index in [1.807, 2.05) is 16.8 Å². The summed E-state index contributed by atoms with van der Waals surface area (Å²) in [4.78, 5) is 10.3. The van der Waals surface area contributed by atoms with Crippen molar-refractivity contribution in [3.05, 3.63) is 30.5 Å². The summed E-state index contributed by atoms with van der Waals surface area (Å²) in [5.41, 5.74) is 0.963. The van der Waals surface area contributed by atoms with E-state index < -0.39 is 0 Å². The van der Waals surface area contributed by atoms with E-state index in [4.69, 9.17) is 0 Å². The van der Waals surface area contributed by atoms with E-state index in [0.717, 1.165) is 17.2 Å². The first-order valence-corrected chi connectivity index (χ1v) is 4.03. The van der Waals surface area contributed by atoms with Crippen LogP contribution in [0.2, 0.25) is 0 Å². The minimum Gasteiger partial charge on any atom is -0.508 e. The normalized spacial score (nSPS) is 10.5. The first kappa shape index (κ1) is 7.86. The zero-order valence-corrected chi connectivity index (χ0v) is 6.97. The summed E-state index contributed by atoms with van der Waals surface area (Å²) in [6, 6.07) is 6.97. The fourth-order valence-electron chi connectivity index (χ4n) is 1.43. The van der Waals surface area contributed by atoms with Crippen molar-refractivity contribution in [1.29, 1.82) is 0 Å². The summed E-state index contributed by atoms with van der Waals surface area (Å²) < 4.78 is 1.84. The molecule has 0 aliphatic rings. The van der Waals surface area contributed by atoms with Gasteiger partial charge in [-0.25, -0.2) is 0 Å². The number of rotatable bonds is 2. The molecule has 0 spiro atoms. The molecule has 1 N–H and O–H groups in total. The molecule has 3 nitrogen and oxygen atoms in total. The van der Waals surface area contributed by atoms with Crippen LogP contribution in [0.15, 0.2) is 30.5 Å². The summed E-state index contributed by atoms with van der Waals surface area (Å²) in [7, 11) is 0. The average Bonchev–Trinajstić information content (AvgIpc) is 2.49. The van der Waals surface area contributed by atoms with Crippen LogP contribution in [0.4, 0.5) is 0 Å². The molecule has 0 amide bonds. The van der Waals surface area contributed by atoms with Gasteiger partial charge in [0.2, 0.25) is 0 Å². The summed E-state index contributed by atoms with van der Waals surface area (Å²) in [6.07, 6.45) is 2.69. The zero-order valence-electron chi connectivity index (χ0n) is 6.97. The van der Waals surface area contributed by atoms with Gasteiger partial charge in [-0.1, -0.05) is 0 Å². The Balaban J connectivity index is 2.61. The van der Waals surface area contributed by atoms with Crippen molar-refractivity contribution in [2.24, 2.45) is 0 Å². The van der Waals surface area contributed by atoms with Crippen LogP contribution >= 0.6 is 0 Å². The van der Waals surface area contributed by atoms with Crippen LogP contribution in [-0.2, 0) is 11.3 Å². The summed E-state index contributed by atoms with van der Waals surface area (Å²) in [6.45, 7) is 0.355. The monoisotopic (exact) mass is 175 g/mol.